The maximum atomic E-state index is 12.6. The Bertz CT molecular complexity index is 486. The van der Waals surface area contributed by atoms with E-state index in [-0.39, 0.29) is 0 Å². The average Bonchev–Trinajstić information content (AvgIpc) is 2.93. The minimum atomic E-state index is -3.38. The maximum Gasteiger partial charge on any atom is 0.282 e. The molecule has 0 atom stereocenters. The van der Waals surface area contributed by atoms with Crippen LogP contribution in [0.25, 0.3) is 0 Å². The Hall–Kier alpha value is -0.470. The van der Waals surface area contributed by atoms with Gasteiger partial charge in [-0.1, -0.05) is 26.8 Å². The summed E-state index contributed by atoms with van der Waals surface area (Å²) < 4.78 is 28.1. The van der Waals surface area contributed by atoms with Crippen LogP contribution in [-0.2, 0) is 16.8 Å². The van der Waals surface area contributed by atoms with Crippen LogP contribution in [0.2, 0.25) is 0 Å². The van der Waals surface area contributed by atoms with Crippen LogP contribution in [0.15, 0.2) is 17.5 Å². The Morgan fingerprint density at radius 1 is 1.38 bits per heavy atom. The van der Waals surface area contributed by atoms with Crippen molar-refractivity contribution in [1.82, 2.24) is 13.9 Å². The van der Waals surface area contributed by atoms with Gasteiger partial charge < -0.3 is 5.32 Å². The average molecular weight is 334 g/mol. The molecule has 0 saturated heterocycles. The molecule has 7 heteroatoms. The molecule has 0 amide bonds. The highest BCUT2D eigenvalue weighted by atomic mass is 32.2. The third kappa shape index (κ3) is 6.04. The van der Waals surface area contributed by atoms with Crippen molar-refractivity contribution < 1.29 is 8.42 Å². The lowest BCUT2D eigenvalue weighted by Crippen LogP contribution is -2.42. The lowest BCUT2D eigenvalue weighted by atomic mass is 10.3. The van der Waals surface area contributed by atoms with E-state index in [9.17, 15) is 8.42 Å². The molecule has 0 fully saturated rings. The van der Waals surface area contributed by atoms with Crippen LogP contribution < -0.4 is 5.32 Å². The van der Waals surface area contributed by atoms with Gasteiger partial charge in [-0.05, 0) is 24.4 Å². The summed E-state index contributed by atoms with van der Waals surface area (Å²) in [5.74, 6) is 0. The van der Waals surface area contributed by atoms with Gasteiger partial charge in [0.25, 0.3) is 10.2 Å². The van der Waals surface area contributed by atoms with Gasteiger partial charge in [-0.3, -0.25) is 0 Å². The molecule has 0 unspecified atom stereocenters. The number of hydrogen-bond acceptors (Lipinski definition) is 4. The van der Waals surface area contributed by atoms with Crippen LogP contribution in [0.3, 0.4) is 0 Å². The van der Waals surface area contributed by atoms with Gasteiger partial charge in [0.2, 0.25) is 0 Å². The maximum absolute atomic E-state index is 12.6. The smallest absolute Gasteiger partial charge is 0.282 e. The lowest BCUT2D eigenvalue weighted by molar-refractivity contribution is 0.361. The lowest BCUT2D eigenvalue weighted by Gasteiger charge is -2.26. The first kappa shape index (κ1) is 18.6. The molecule has 1 heterocycles. The summed E-state index contributed by atoms with van der Waals surface area (Å²) in [5, 5.41) is 5.27. The second-order valence-electron chi connectivity index (χ2n) is 5.30. The van der Waals surface area contributed by atoms with Crippen molar-refractivity contribution in [3.05, 3.63) is 22.4 Å². The van der Waals surface area contributed by atoms with Crippen LogP contribution in [0.5, 0.6) is 0 Å². The fraction of sp³-hybridized carbons (Fsp3) is 0.714. The molecule has 5 nitrogen and oxygen atoms in total. The van der Waals surface area contributed by atoms with Crippen molar-refractivity contribution in [3.63, 3.8) is 0 Å². The minimum absolute atomic E-state index is 0.429. The minimum Gasteiger partial charge on any atom is -0.314 e. The van der Waals surface area contributed by atoms with Crippen molar-refractivity contribution in [2.45, 2.75) is 39.8 Å². The van der Waals surface area contributed by atoms with Gasteiger partial charge in [0.15, 0.2) is 0 Å². The Morgan fingerprint density at radius 2 is 2.10 bits per heavy atom. The Labute approximate surface area is 133 Å². The number of nitrogens with zero attached hydrogens (tertiary/aromatic N) is 2. The van der Waals surface area contributed by atoms with Crippen molar-refractivity contribution >= 4 is 21.5 Å². The Balaban J connectivity index is 2.55. The molecule has 0 bridgehead atoms. The summed E-state index contributed by atoms with van der Waals surface area (Å²) in [5.41, 5.74) is 0. The second kappa shape index (κ2) is 8.85. The van der Waals surface area contributed by atoms with Gasteiger partial charge >= 0.3 is 0 Å². The van der Waals surface area contributed by atoms with Gasteiger partial charge in [0.05, 0.1) is 0 Å². The predicted molar refractivity (Wildman–Crippen MR) is 89.7 cm³/mol. The molecule has 1 aromatic heterocycles. The molecule has 0 aliphatic carbocycles. The predicted octanol–water partition coefficient (Wildman–Crippen LogP) is 2.13. The molecule has 0 saturated carbocycles. The zero-order valence-electron chi connectivity index (χ0n) is 13.4. The zero-order chi connectivity index (χ0) is 15.9. The number of thiophene rings is 1. The summed E-state index contributed by atoms with van der Waals surface area (Å²) in [7, 11) is -1.73. The summed E-state index contributed by atoms with van der Waals surface area (Å²) >= 11 is 1.58. The van der Waals surface area contributed by atoms with E-state index in [2.05, 4.69) is 19.2 Å². The van der Waals surface area contributed by atoms with E-state index in [0.717, 1.165) is 17.8 Å². The van der Waals surface area contributed by atoms with Crippen molar-refractivity contribution in [2.75, 3.05) is 26.7 Å². The summed E-state index contributed by atoms with van der Waals surface area (Å²) in [6.07, 6.45) is 0.810. The molecular formula is C14H27N3O2S2. The third-order valence-electron chi connectivity index (χ3n) is 3.19. The number of nitrogens with one attached hydrogen (secondary N) is 1. The van der Waals surface area contributed by atoms with Crippen LogP contribution in [0, 0.1) is 0 Å². The third-order valence-corrected chi connectivity index (χ3v) is 6.06. The Kier molecular flexibility index (Phi) is 7.83. The highest BCUT2D eigenvalue weighted by Gasteiger charge is 2.25. The van der Waals surface area contributed by atoms with Gasteiger partial charge in [0.1, 0.15) is 0 Å². The number of rotatable bonds is 10. The highest BCUT2D eigenvalue weighted by Crippen LogP contribution is 2.16. The van der Waals surface area contributed by atoms with E-state index < -0.39 is 10.2 Å². The number of hydrogen-bond donors (Lipinski definition) is 1. The van der Waals surface area contributed by atoms with Crippen LogP contribution >= 0.6 is 11.3 Å². The van der Waals surface area contributed by atoms with Crippen molar-refractivity contribution in [3.8, 4) is 0 Å². The first-order chi connectivity index (χ1) is 9.87. The van der Waals surface area contributed by atoms with Gasteiger partial charge in [-0.2, -0.15) is 17.0 Å². The van der Waals surface area contributed by atoms with E-state index in [4.69, 9.17) is 0 Å². The molecule has 0 aliphatic rings. The molecular weight excluding hydrogens is 306 g/mol. The molecule has 1 rings (SSSR count). The van der Waals surface area contributed by atoms with E-state index >= 15 is 0 Å². The fourth-order valence-corrected chi connectivity index (χ4v) is 4.12. The zero-order valence-corrected chi connectivity index (χ0v) is 15.0. The van der Waals surface area contributed by atoms with E-state index in [0.29, 0.717) is 25.7 Å². The first-order valence-corrected chi connectivity index (χ1v) is 9.62. The van der Waals surface area contributed by atoms with Crippen molar-refractivity contribution in [2.24, 2.45) is 0 Å². The van der Waals surface area contributed by atoms with Crippen LogP contribution in [0.4, 0.5) is 0 Å². The quantitative estimate of drug-likeness (QED) is 0.668. The summed E-state index contributed by atoms with van der Waals surface area (Å²) in [4.78, 5) is 1.07. The molecule has 0 radical (unpaired) electrons. The molecule has 122 valence electrons. The van der Waals surface area contributed by atoms with E-state index in [1.165, 1.54) is 8.61 Å². The Morgan fingerprint density at radius 3 is 2.62 bits per heavy atom. The molecule has 1 N–H and O–H groups in total. The topological polar surface area (TPSA) is 52.7 Å². The molecule has 0 aliphatic heterocycles. The monoisotopic (exact) mass is 333 g/mol. The fourth-order valence-electron chi connectivity index (χ4n) is 1.94. The van der Waals surface area contributed by atoms with E-state index in [1.54, 1.807) is 18.4 Å². The molecule has 0 aromatic carbocycles. The highest BCUT2D eigenvalue weighted by molar-refractivity contribution is 7.86. The largest absolute Gasteiger partial charge is 0.314 e. The van der Waals surface area contributed by atoms with Gasteiger partial charge in [0, 0.05) is 37.6 Å². The standard InChI is InChI=1S/C14H27N3O2S2/c1-5-17(12-14-8-6-11-20-14)21(18,19)16(4)10-7-9-15-13(2)3/h6,8,11,13,15H,5,7,9-10,12H2,1-4H3. The summed E-state index contributed by atoms with van der Waals surface area (Å²) in [6, 6.07) is 4.34. The van der Waals surface area contributed by atoms with Crippen molar-refractivity contribution in [1.29, 1.82) is 0 Å². The van der Waals surface area contributed by atoms with Gasteiger partial charge in [-0.15, -0.1) is 11.3 Å². The first-order valence-electron chi connectivity index (χ1n) is 7.35. The SMILES string of the molecule is CCN(Cc1cccs1)S(=O)(=O)N(C)CCCNC(C)C. The summed E-state index contributed by atoms with van der Waals surface area (Å²) in [6.45, 7) is 8.33. The molecule has 0 spiro atoms. The molecule has 21 heavy (non-hydrogen) atoms. The second-order valence-corrected chi connectivity index (χ2v) is 8.36. The van der Waals surface area contributed by atoms with Gasteiger partial charge in [-0.25, -0.2) is 0 Å². The van der Waals surface area contributed by atoms with E-state index in [1.807, 2.05) is 24.4 Å². The van der Waals surface area contributed by atoms with Crippen LogP contribution in [0.1, 0.15) is 32.1 Å². The van der Waals surface area contributed by atoms with Crippen LogP contribution in [-0.4, -0.2) is 49.8 Å². The normalized spacial score (nSPS) is 12.7. The molecule has 1 aromatic rings.